The number of nitrogens with one attached hydrogen (secondary N) is 1. The average molecular weight is 349 g/mol. The molecule has 5 nitrogen and oxygen atoms in total. The number of aromatic nitrogens is 1. The molecule has 0 spiro atoms. The Balaban J connectivity index is 1.89. The Morgan fingerprint density at radius 2 is 2.17 bits per heavy atom. The Kier molecular flexibility index (Phi) is 5.98. The summed E-state index contributed by atoms with van der Waals surface area (Å²) >= 11 is 0. The molecule has 1 aromatic rings. The molecule has 2 rings (SSSR count). The molecule has 134 valence electrons. The van der Waals surface area contributed by atoms with Crippen LogP contribution in [-0.2, 0) is 4.79 Å². The van der Waals surface area contributed by atoms with Crippen molar-refractivity contribution in [3.63, 3.8) is 0 Å². The molecule has 0 saturated heterocycles. The summed E-state index contributed by atoms with van der Waals surface area (Å²) in [5.74, 6) is -4.64. The number of nitrogens with zero attached hydrogens (tertiary/aromatic N) is 1. The van der Waals surface area contributed by atoms with E-state index in [-0.39, 0.29) is 23.6 Å². The summed E-state index contributed by atoms with van der Waals surface area (Å²) in [4.78, 5) is 15.9. The van der Waals surface area contributed by atoms with E-state index in [4.69, 9.17) is 5.73 Å². The van der Waals surface area contributed by atoms with Crippen molar-refractivity contribution >= 4 is 11.6 Å². The van der Waals surface area contributed by atoms with Crippen molar-refractivity contribution in [1.82, 2.24) is 4.98 Å². The van der Waals surface area contributed by atoms with Crippen LogP contribution >= 0.6 is 0 Å². The molecule has 1 saturated carbocycles. The number of alkyl halides is 4. The van der Waals surface area contributed by atoms with E-state index in [1.807, 2.05) is 0 Å². The first kappa shape index (κ1) is 18.4. The van der Waals surface area contributed by atoms with Gasteiger partial charge in [-0.05, 0) is 31.4 Å². The number of nitrogens with two attached hydrogens (primary N) is 1. The number of hydrogen-bond donors (Lipinski definition) is 2. The Bertz CT molecular complexity index is 554. The fourth-order valence-electron chi connectivity index (χ4n) is 2.67. The fourth-order valence-corrected chi connectivity index (χ4v) is 2.67. The molecular formula is C15H19F4N3O2. The minimum atomic E-state index is -4.24. The molecule has 1 aliphatic rings. The molecule has 1 heterocycles. The predicted molar refractivity (Wildman–Crippen MR) is 79.2 cm³/mol. The van der Waals surface area contributed by atoms with Crippen LogP contribution in [0.2, 0.25) is 0 Å². The highest BCUT2D eigenvalue weighted by molar-refractivity contribution is 5.92. The molecule has 0 radical (unpaired) electrons. The lowest BCUT2D eigenvalue weighted by atomic mass is 9.95. The van der Waals surface area contributed by atoms with Crippen LogP contribution in [0, 0.1) is 11.8 Å². The summed E-state index contributed by atoms with van der Waals surface area (Å²) < 4.78 is 54.1. The van der Waals surface area contributed by atoms with Crippen LogP contribution in [0.3, 0.4) is 0 Å². The van der Waals surface area contributed by atoms with Gasteiger partial charge in [-0.2, -0.15) is 8.78 Å². The number of amides is 1. The maximum Gasteiger partial charge on any atom is 0.340 e. The zero-order valence-corrected chi connectivity index (χ0v) is 12.9. The number of anilines is 1. The smallest absolute Gasteiger partial charge is 0.340 e. The summed E-state index contributed by atoms with van der Waals surface area (Å²) in [6.45, 7) is -1.02. The summed E-state index contributed by atoms with van der Waals surface area (Å²) in [5, 5.41) is 2.69. The third kappa shape index (κ3) is 4.56. The van der Waals surface area contributed by atoms with Gasteiger partial charge in [-0.25, -0.2) is 13.8 Å². The van der Waals surface area contributed by atoms with Crippen LogP contribution in [0.25, 0.3) is 0 Å². The molecule has 0 aliphatic heterocycles. The van der Waals surface area contributed by atoms with Gasteiger partial charge in [0.05, 0.1) is 11.9 Å². The third-order valence-corrected chi connectivity index (χ3v) is 4.03. The van der Waals surface area contributed by atoms with Gasteiger partial charge in [0, 0.05) is 12.0 Å². The van der Waals surface area contributed by atoms with Gasteiger partial charge in [-0.15, -0.1) is 0 Å². The fraction of sp³-hybridized carbons (Fsp3) is 0.600. The molecule has 2 atom stereocenters. The average Bonchev–Trinajstić information content (AvgIpc) is 3.03. The van der Waals surface area contributed by atoms with Crippen LogP contribution in [0.5, 0.6) is 5.88 Å². The maximum atomic E-state index is 12.8. The van der Waals surface area contributed by atoms with Crippen molar-refractivity contribution in [1.29, 1.82) is 0 Å². The van der Waals surface area contributed by atoms with Crippen LogP contribution < -0.4 is 15.8 Å². The topological polar surface area (TPSA) is 77.2 Å². The van der Waals surface area contributed by atoms with Crippen molar-refractivity contribution < 1.29 is 27.1 Å². The highest BCUT2D eigenvalue weighted by Crippen LogP contribution is 2.32. The first-order valence-electron chi connectivity index (χ1n) is 7.59. The van der Waals surface area contributed by atoms with Gasteiger partial charge >= 0.3 is 12.3 Å². The second-order valence-corrected chi connectivity index (χ2v) is 5.76. The second kappa shape index (κ2) is 7.78. The Labute approximate surface area is 136 Å². The molecule has 0 aromatic carbocycles. The van der Waals surface area contributed by atoms with Crippen molar-refractivity contribution in [2.45, 2.75) is 31.6 Å². The van der Waals surface area contributed by atoms with E-state index in [0.717, 1.165) is 19.3 Å². The van der Waals surface area contributed by atoms with E-state index < -0.39 is 19.0 Å². The van der Waals surface area contributed by atoms with Crippen LogP contribution in [0.15, 0.2) is 18.3 Å². The monoisotopic (exact) mass is 349 g/mol. The quantitative estimate of drug-likeness (QED) is 0.742. The molecule has 24 heavy (non-hydrogen) atoms. The van der Waals surface area contributed by atoms with E-state index in [0.29, 0.717) is 12.2 Å². The van der Waals surface area contributed by atoms with Gasteiger partial charge in [0.25, 0.3) is 0 Å². The van der Waals surface area contributed by atoms with E-state index in [1.54, 1.807) is 0 Å². The summed E-state index contributed by atoms with van der Waals surface area (Å²) in [6.07, 6.45) is 0.0462. The largest absolute Gasteiger partial charge is 0.471 e. The standard InChI is InChI=1S/C15H19F4N3O2/c16-14(17)15(18,19)8-24-12-5-4-10(7-21-12)22-13(23)11-3-1-2-9(11)6-20/h4-5,7,9,11,14H,1-3,6,8,20H2,(H,22,23)/t9-,11-/m1/s1. The van der Waals surface area contributed by atoms with Gasteiger partial charge in [-0.1, -0.05) is 6.42 Å². The Morgan fingerprint density at radius 3 is 2.75 bits per heavy atom. The van der Waals surface area contributed by atoms with E-state index in [1.165, 1.54) is 18.3 Å². The van der Waals surface area contributed by atoms with Crippen LogP contribution in [-0.4, -0.2) is 36.4 Å². The number of ether oxygens (including phenoxy) is 1. The molecular weight excluding hydrogens is 330 g/mol. The lowest BCUT2D eigenvalue weighted by Gasteiger charge is -2.17. The second-order valence-electron chi connectivity index (χ2n) is 5.76. The molecule has 0 bridgehead atoms. The predicted octanol–water partition coefficient (Wildman–Crippen LogP) is 2.67. The minimum Gasteiger partial charge on any atom is -0.471 e. The van der Waals surface area contributed by atoms with Crippen molar-refractivity contribution in [3.8, 4) is 5.88 Å². The summed E-state index contributed by atoms with van der Waals surface area (Å²) in [5.41, 5.74) is 6.01. The highest BCUT2D eigenvalue weighted by Gasteiger charge is 2.41. The molecule has 0 unspecified atom stereocenters. The molecule has 9 heteroatoms. The van der Waals surface area contributed by atoms with E-state index in [2.05, 4.69) is 15.0 Å². The normalized spacial score (nSPS) is 21.1. The third-order valence-electron chi connectivity index (χ3n) is 4.03. The van der Waals surface area contributed by atoms with Gasteiger partial charge in [-0.3, -0.25) is 4.79 Å². The first-order chi connectivity index (χ1) is 11.3. The summed E-state index contributed by atoms with van der Waals surface area (Å²) in [7, 11) is 0. The van der Waals surface area contributed by atoms with Gasteiger partial charge in [0.2, 0.25) is 11.8 Å². The van der Waals surface area contributed by atoms with E-state index >= 15 is 0 Å². The Morgan fingerprint density at radius 1 is 1.42 bits per heavy atom. The molecule has 1 aromatic heterocycles. The van der Waals surface area contributed by atoms with Crippen LogP contribution in [0.4, 0.5) is 23.2 Å². The number of carbonyl (C=O) groups is 1. The van der Waals surface area contributed by atoms with Crippen molar-refractivity contribution in [3.05, 3.63) is 18.3 Å². The number of rotatable bonds is 7. The molecule has 3 N–H and O–H groups in total. The van der Waals surface area contributed by atoms with Crippen molar-refractivity contribution in [2.24, 2.45) is 17.6 Å². The van der Waals surface area contributed by atoms with Gasteiger partial charge in [0.1, 0.15) is 0 Å². The number of carbonyl (C=O) groups excluding carboxylic acids is 1. The first-order valence-corrected chi connectivity index (χ1v) is 7.59. The van der Waals surface area contributed by atoms with E-state index in [9.17, 15) is 22.4 Å². The number of pyridine rings is 1. The maximum absolute atomic E-state index is 12.8. The van der Waals surface area contributed by atoms with Gasteiger partial charge in [0.15, 0.2) is 6.61 Å². The minimum absolute atomic E-state index is 0.150. The van der Waals surface area contributed by atoms with Crippen molar-refractivity contribution in [2.75, 3.05) is 18.5 Å². The lowest BCUT2D eigenvalue weighted by Crippen LogP contribution is -2.33. The molecule has 1 aliphatic carbocycles. The summed E-state index contributed by atoms with van der Waals surface area (Å²) in [6, 6.07) is 2.64. The number of hydrogen-bond acceptors (Lipinski definition) is 4. The van der Waals surface area contributed by atoms with Gasteiger partial charge < -0.3 is 15.8 Å². The highest BCUT2D eigenvalue weighted by atomic mass is 19.3. The molecule has 1 amide bonds. The van der Waals surface area contributed by atoms with Crippen LogP contribution in [0.1, 0.15) is 19.3 Å². The lowest BCUT2D eigenvalue weighted by molar-refractivity contribution is -0.148. The number of halogens is 4. The SMILES string of the molecule is NC[C@H]1CCC[C@H]1C(=O)Nc1ccc(OCC(F)(F)C(F)F)nc1. The Hall–Kier alpha value is -1.90. The zero-order valence-electron chi connectivity index (χ0n) is 12.9. The molecule has 1 fully saturated rings. The zero-order chi connectivity index (χ0) is 17.7.